The minimum atomic E-state index is -0.687. The summed E-state index contributed by atoms with van der Waals surface area (Å²) in [6, 6.07) is 19.0. The number of furan rings is 1. The van der Waals surface area contributed by atoms with E-state index in [1.165, 1.54) is 6.07 Å². The molecule has 0 aliphatic heterocycles. The van der Waals surface area contributed by atoms with Crippen LogP contribution in [0.5, 0.6) is 5.75 Å². The molecule has 4 aromatic rings. The van der Waals surface area contributed by atoms with Crippen LogP contribution in [0.3, 0.4) is 0 Å². The number of para-hydroxylation sites is 1. The second-order valence-electron chi connectivity index (χ2n) is 6.57. The van der Waals surface area contributed by atoms with E-state index in [1.807, 2.05) is 24.3 Å². The molecule has 0 bridgehead atoms. The number of ether oxygens (including phenoxy) is 2. The predicted octanol–water partition coefficient (Wildman–Crippen LogP) is 3.96. The van der Waals surface area contributed by atoms with E-state index in [4.69, 9.17) is 13.9 Å². The van der Waals surface area contributed by atoms with Gasteiger partial charge in [-0.25, -0.2) is 9.18 Å². The fourth-order valence-electron chi connectivity index (χ4n) is 3.01. The van der Waals surface area contributed by atoms with Crippen molar-refractivity contribution in [2.75, 3.05) is 13.2 Å². The molecule has 4 rings (SSSR count). The number of rotatable bonds is 7. The van der Waals surface area contributed by atoms with Crippen LogP contribution in [0.15, 0.2) is 71.1 Å². The van der Waals surface area contributed by atoms with Crippen LogP contribution in [0.25, 0.3) is 21.9 Å². The van der Waals surface area contributed by atoms with E-state index in [1.54, 1.807) is 36.4 Å². The van der Waals surface area contributed by atoms with Gasteiger partial charge >= 0.3 is 5.97 Å². The summed E-state index contributed by atoms with van der Waals surface area (Å²) < 4.78 is 29.6. The molecule has 0 saturated carbocycles. The van der Waals surface area contributed by atoms with Crippen LogP contribution in [0, 0.1) is 5.82 Å². The summed E-state index contributed by atoms with van der Waals surface area (Å²) >= 11 is 0. The topological polar surface area (TPSA) is 77.8 Å². The minimum absolute atomic E-state index is 0.0121. The molecule has 1 N–H and O–H groups in total. The van der Waals surface area contributed by atoms with Crippen molar-refractivity contribution in [2.24, 2.45) is 0 Å². The number of halogens is 1. The van der Waals surface area contributed by atoms with E-state index < -0.39 is 24.3 Å². The Morgan fingerprint density at radius 2 is 1.67 bits per heavy atom. The monoisotopic (exact) mass is 407 g/mol. The second-order valence-corrected chi connectivity index (χ2v) is 6.57. The third-order valence-electron chi connectivity index (χ3n) is 4.50. The number of hydrogen-bond donors (Lipinski definition) is 1. The van der Waals surface area contributed by atoms with Gasteiger partial charge in [0.2, 0.25) is 0 Å². The Morgan fingerprint density at radius 1 is 0.900 bits per heavy atom. The van der Waals surface area contributed by atoms with Gasteiger partial charge in [-0.15, -0.1) is 0 Å². The Hall–Kier alpha value is -3.87. The van der Waals surface area contributed by atoms with Gasteiger partial charge in [-0.1, -0.05) is 36.4 Å². The zero-order chi connectivity index (χ0) is 20.9. The van der Waals surface area contributed by atoms with Gasteiger partial charge in [0.15, 0.2) is 13.2 Å². The summed E-state index contributed by atoms with van der Waals surface area (Å²) in [6.07, 6.45) is 0. The number of amides is 1. The summed E-state index contributed by atoms with van der Waals surface area (Å²) in [7, 11) is 0. The molecule has 152 valence electrons. The molecule has 3 aromatic carbocycles. The number of benzene rings is 3. The third-order valence-corrected chi connectivity index (χ3v) is 4.50. The van der Waals surface area contributed by atoms with Crippen LogP contribution in [-0.2, 0) is 20.9 Å². The number of esters is 1. The summed E-state index contributed by atoms with van der Waals surface area (Å²) in [5.74, 6) is -1.15. The summed E-state index contributed by atoms with van der Waals surface area (Å²) in [6.45, 7) is -0.803. The highest BCUT2D eigenvalue weighted by molar-refractivity contribution is 6.05. The molecule has 6 nitrogen and oxygen atoms in total. The molecule has 0 fully saturated rings. The lowest BCUT2D eigenvalue weighted by molar-refractivity contribution is -0.150. The molecule has 30 heavy (non-hydrogen) atoms. The van der Waals surface area contributed by atoms with Crippen LogP contribution in [0.4, 0.5) is 4.39 Å². The van der Waals surface area contributed by atoms with E-state index in [0.29, 0.717) is 11.3 Å². The molecule has 0 atom stereocenters. The molecule has 1 heterocycles. The molecule has 0 spiro atoms. The molecule has 0 aliphatic carbocycles. The van der Waals surface area contributed by atoms with E-state index >= 15 is 0 Å². The predicted molar refractivity (Wildman–Crippen MR) is 108 cm³/mol. The van der Waals surface area contributed by atoms with Gasteiger partial charge < -0.3 is 19.2 Å². The number of nitrogens with one attached hydrogen (secondary N) is 1. The summed E-state index contributed by atoms with van der Waals surface area (Å²) in [5, 5.41) is 4.33. The standard InChI is InChI=1S/C23H18FNO5/c24-19-7-3-1-5-15(19)12-25-22(26)13-29-23(27)14-28-16-9-10-21-18(11-16)17-6-2-4-8-20(17)30-21/h1-11H,12-14H2,(H,25,26). The Morgan fingerprint density at radius 3 is 2.53 bits per heavy atom. The first kappa shape index (κ1) is 19.4. The zero-order valence-electron chi connectivity index (χ0n) is 15.9. The van der Waals surface area contributed by atoms with Crippen molar-refractivity contribution < 1.29 is 27.9 Å². The highest BCUT2D eigenvalue weighted by atomic mass is 19.1. The zero-order valence-corrected chi connectivity index (χ0v) is 15.9. The molecule has 0 radical (unpaired) electrons. The first-order valence-electron chi connectivity index (χ1n) is 9.30. The molecule has 0 saturated heterocycles. The smallest absolute Gasteiger partial charge is 0.344 e. The van der Waals surface area contributed by atoms with E-state index in [0.717, 1.165) is 21.9 Å². The Kier molecular flexibility index (Phi) is 5.61. The van der Waals surface area contributed by atoms with Crippen molar-refractivity contribution in [1.82, 2.24) is 5.32 Å². The number of carbonyl (C=O) groups is 2. The molecule has 7 heteroatoms. The largest absolute Gasteiger partial charge is 0.482 e. The van der Waals surface area contributed by atoms with E-state index in [2.05, 4.69) is 5.32 Å². The molecular formula is C23H18FNO5. The van der Waals surface area contributed by atoms with Crippen molar-refractivity contribution in [1.29, 1.82) is 0 Å². The number of carbonyl (C=O) groups excluding carboxylic acids is 2. The fraction of sp³-hybridized carbons (Fsp3) is 0.130. The van der Waals surface area contributed by atoms with Gasteiger partial charge in [0.25, 0.3) is 5.91 Å². The van der Waals surface area contributed by atoms with Gasteiger partial charge in [0.1, 0.15) is 22.7 Å². The van der Waals surface area contributed by atoms with Gasteiger partial charge in [-0.2, -0.15) is 0 Å². The highest BCUT2D eigenvalue weighted by Crippen LogP contribution is 2.31. The SMILES string of the molecule is O=C(COC(=O)COc1ccc2oc3ccccc3c2c1)NCc1ccccc1F. The molecule has 0 unspecified atom stereocenters. The molecular weight excluding hydrogens is 389 g/mol. The Labute approximate surface area is 171 Å². The quantitative estimate of drug-likeness (QED) is 0.469. The van der Waals surface area contributed by atoms with Gasteiger partial charge in [0, 0.05) is 22.9 Å². The van der Waals surface area contributed by atoms with Crippen LogP contribution in [0.2, 0.25) is 0 Å². The van der Waals surface area contributed by atoms with Gasteiger partial charge in [0.05, 0.1) is 0 Å². The van der Waals surface area contributed by atoms with Crippen molar-refractivity contribution in [2.45, 2.75) is 6.54 Å². The maximum absolute atomic E-state index is 13.5. The Bertz CT molecular complexity index is 1220. The summed E-state index contributed by atoms with van der Waals surface area (Å²) in [4.78, 5) is 23.7. The van der Waals surface area contributed by atoms with Crippen molar-refractivity contribution in [3.05, 3.63) is 78.1 Å². The average Bonchev–Trinajstić information content (AvgIpc) is 3.13. The van der Waals surface area contributed by atoms with E-state index in [9.17, 15) is 14.0 Å². The summed E-state index contributed by atoms with van der Waals surface area (Å²) in [5.41, 5.74) is 1.84. The van der Waals surface area contributed by atoms with E-state index in [-0.39, 0.29) is 13.2 Å². The van der Waals surface area contributed by atoms with Crippen molar-refractivity contribution in [3.63, 3.8) is 0 Å². The number of hydrogen-bond acceptors (Lipinski definition) is 5. The normalized spacial score (nSPS) is 10.8. The van der Waals surface area contributed by atoms with Crippen LogP contribution >= 0.6 is 0 Å². The maximum Gasteiger partial charge on any atom is 0.344 e. The maximum atomic E-state index is 13.5. The van der Waals surface area contributed by atoms with Crippen LogP contribution in [-0.4, -0.2) is 25.1 Å². The lowest BCUT2D eigenvalue weighted by atomic mass is 10.1. The lowest BCUT2D eigenvalue weighted by Gasteiger charge is -2.08. The lowest BCUT2D eigenvalue weighted by Crippen LogP contribution is -2.29. The first-order chi connectivity index (χ1) is 14.6. The second kappa shape index (κ2) is 8.65. The Balaban J connectivity index is 1.27. The van der Waals surface area contributed by atoms with Crippen molar-refractivity contribution in [3.8, 4) is 5.75 Å². The average molecular weight is 407 g/mol. The van der Waals surface area contributed by atoms with Gasteiger partial charge in [-0.3, -0.25) is 4.79 Å². The fourth-order valence-corrected chi connectivity index (χ4v) is 3.01. The highest BCUT2D eigenvalue weighted by Gasteiger charge is 2.11. The van der Waals surface area contributed by atoms with Crippen molar-refractivity contribution >= 4 is 33.8 Å². The molecule has 1 aromatic heterocycles. The van der Waals surface area contributed by atoms with Gasteiger partial charge in [-0.05, 0) is 30.3 Å². The number of fused-ring (bicyclic) bond motifs is 3. The molecule has 0 aliphatic rings. The van der Waals surface area contributed by atoms with Crippen LogP contribution in [0.1, 0.15) is 5.56 Å². The minimum Gasteiger partial charge on any atom is -0.482 e. The first-order valence-corrected chi connectivity index (χ1v) is 9.30. The third kappa shape index (κ3) is 4.41. The van der Waals surface area contributed by atoms with Crippen LogP contribution < -0.4 is 10.1 Å². The molecule has 1 amide bonds.